The highest BCUT2D eigenvalue weighted by molar-refractivity contribution is 8.18. The third kappa shape index (κ3) is 3.78. The van der Waals surface area contributed by atoms with Crippen LogP contribution in [-0.4, -0.2) is 22.5 Å². The van der Waals surface area contributed by atoms with Gasteiger partial charge in [-0.3, -0.25) is 9.69 Å². The number of aliphatic imine (C=N–C) groups is 1. The second kappa shape index (κ2) is 7.51. The molecule has 0 aromatic heterocycles. The molecule has 1 amide bonds. The fourth-order valence-corrected chi connectivity index (χ4v) is 3.34. The van der Waals surface area contributed by atoms with E-state index in [0.29, 0.717) is 21.6 Å². The van der Waals surface area contributed by atoms with E-state index in [9.17, 15) is 4.79 Å². The molecule has 3 nitrogen and oxygen atoms in total. The van der Waals surface area contributed by atoms with Crippen molar-refractivity contribution in [2.24, 2.45) is 4.99 Å². The number of carbonyl (C=O) groups is 1. The number of nitrogens with zero attached hydrogens (tertiary/aromatic N) is 2. The summed E-state index contributed by atoms with van der Waals surface area (Å²) in [6.45, 7) is 4.15. The summed E-state index contributed by atoms with van der Waals surface area (Å²) in [6, 6.07) is 17.0. The molecule has 1 heterocycles. The Hall–Kier alpha value is -2.30. The first kappa shape index (κ1) is 16.6. The molecule has 1 aliphatic heterocycles. The normalized spacial score (nSPS) is 17.7. The molecule has 24 heavy (non-hydrogen) atoms. The zero-order valence-electron chi connectivity index (χ0n) is 12.9. The number of hydrogen-bond acceptors (Lipinski definition) is 3. The van der Waals surface area contributed by atoms with E-state index in [2.05, 4.69) is 11.6 Å². The maximum Gasteiger partial charge on any atom is 0.267 e. The predicted molar refractivity (Wildman–Crippen MR) is 102 cm³/mol. The molecular formula is C19H15ClN2OS. The second-order valence-corrected chi connectivity index (χ2v) is 6.54. The Balaban J connectivity index is 1.93. The molecule has 120 valence electrons. The minimum atomic E-state index is -0.0652. The van der Waals surface area contributed by atoms with Crippen molar-refractivity contribution in [3.8, 4) is 0 Å². The number of carbonyl (C=O) groups excluding carboxylic acids is 1. The van der Waals surface area contributed by atoms with Crippen molar-refractivity contribution in [1.29, 1.82) is 0 Å². The van der Waals surface area contributed by atoms with Gasteiger partial charge in [-0.1, -0.05) is 48.0 Å². The molecular weight excluding hydrogens is 340 g/mol. The average Bonchev–Trinajstić information content (AvgIpc) is 2.87. The van der Waals surface area contributed by atoms with Gasteiger partial charge in [0.1, 0.15) is 0 Å². The van der Waals surface area contributed by atoms with Gasteiger partial charge >= 0.3 is 0 Å². The standard InChI is InChI=1S/C19H15ClN2OS/c1-2-12-22-18(23)17(13-14-8-10-15(20)11-9-14)24-19(22)21-16-6-4-3-5-7-16/h2-11,13H,1,12H2/b17-13+,21-19?. The number of amides is 1. The van der Waals surface area contributed by atoms with Crippen LogP contribution < -0.4 is 0 Å². The summed E-state index contributed by atoms with van der Waals surface area (Å²) in [5, 5.41) is 1.33. The minimum Gasteiger partial charge on any atom is -0.283 e. The van der Waals surface area contributed by atoms with Crippen molar-refractivity contribution in [3.05, 3.63) is 82.7 Å². The molecule has 1 aliphatic rings. The van der Waals surface area contributed by atoms with Crippen LogP contribution in [0.3, 0.4) is 0 Å². The molecule has 1 saturated heterocycles. The fraction of sp³-hybridized carbons (Fsp3) is 0.0526. The predicted octanol–water partition coefficient (Wildman–Crippen LogP) is 5.13. The van der Waals surface area contributed by atoms with E-state index in [-0.39, 0.29) is 5.91 Å². The van der Waals surface area contributed by atoms with E-state index < -0.39 is 0 Å². The van der Waals surface area contributed by atoms with E-state index in [0.717, 1.165) is 11.3 Å². The maximum absolute atomic E-state index is 12.6. The Labute approximate surface area is 150 Å². The number of benzene rings is 2. The van der Waals surface area contributed by atoms with Crippen molar-refractivity contribution < 1.29 is 4.79 Å². The van der Waals surface area contributed by atoms with Gasteiger partial charge in [-0.25, -0.2) is 4.99 Å². The Bertz CT molecular complexity index is 813. The van der Waals surface area contributed by atoms with Crippen LogP contribution in [0.1, 0.15) is 5.56 Å². The van der Waals surface area contributed by atoms with Gasteiger partial charge in [-0.2, -0.15) is 0 Å². The Kier molecular flexibility index (Phi) is 5.18. The van der Waals surface area contributed by atoms with Crippen LogP contribution in [0.25, 0.3) is 6.08 Å². The molecule has 0 saturated carbocycles. The van der Waals surface area contributed by atoms with Crippen LogP contribution in [0.5, 0.6) is 0 Å². The number of halogens is 1. The van der Waals surface area contributed by atoms with Crippen LogP contribution in [0, 0.1) is 0 Å². The van der Waals surface area contributed by atoms with Crippen molar-refractivity contribution >= 4 is 46.2 Å². The Morgan fingerprint density at radius 2 is 1.83 bits per heavy atom. The maximum atomic E-state index is 12.6. The second-order valence-electron chi connectivity index (χ2n) is 5.10. The van der Waals surface area contributed by atoms with E-state index in [1.807, 2.05) is 48.5 Å². The quantitative estimate of drug-likeness (QED) is 0.563. The van der Waals surface area contributed by atoms with Crippen LogP contribution in [-0.2, 0) is 4.79 Å². The number of rotatable bonds is 4. The fourth-order valence-electron chi connectivity index (χ4n) is 2.20. The van der Waals surface area contributed by atoms with Gasteiger partial charge in [0.15, 0.2) is 5.17 Å². The first-order chi connectivity index (χ1) is 11.7. The molecule has 0 unspecified atom stereocenters. The highest BCUT2D eigenvalue weighted by Crippen LogP contribution is 2.34. The molecule has 0 aliphatic carbocycles. The molecule has 1 fully saturated rings. The number of amidine groups is 1. The number of thioether (sulfide) groups is 1. The Morgan fingerprint density at radius 3 is 2.50 bits per heavy atom. The van der Waals surface area contributed by atoms with Crippen molar-refractivity contribution in [2.45, 2.75) is 0 Å². The van der Waals surface area contributed by atoms with Crippen molar-refractivity contribution in [3.63, 3.8) is 0 Å². The third-order valence-electron chi connectivity index (χ3n) is 3.35. The topological polar surface area (TPSA) is 32.7 Å². The highest BCUT2D eigenvalue weighted by Gasteiger charge is 2.32. The lowest BCUT2D eigenvalue weighted by atomic mass is 10.2. The van der Waals surface area contributed by atoms with E-state index >= 15 is 0 Å². The molecule has 0 spiro atoms. The zero-order chi connectivity index (χ0) is 16.9. The highest BCUT2D eigenvalue weighted by atomic mass is 35.5. The van der Waals surface area contributed by atoms with Gasteiger partial charge in [-0.15, -0.1) is 6.58 Å². The van der Waals surface area contributed by atoms with Crippen LogP contribution in [0.4, 0.5) is 5.69 Å². The molecule has 5 heteroatoms. The summed E-state index contributed by atoms with van der Waals surface area (Å²) in [5.74, 6) is -0.0652. The van der Waals surface area contributed by atoms with Crippen molar-refractivity contribution in [1.82, 2.24) is 4.90 Å². The Morgan fingerprint density at radius 1 is 1.12 bits per heavy atom. The summed E-state index contributed by atoms with van der Waals surface area (Å²) in [4.78, 5) is 19.5. The first-order valence-corrected chi connectivity index (χ1v) is 8.58. The van der Waals surface area contributed by atoms with Gasteiger partial charge in [0.05, 0.1) is 10.6 Å². The monoisotopic (exact) mass is 354 g/mol. The minimum absolute atomic E-state index is 0.0652. The van der Waals surface area contributed by atoms with Crippen LogP contribution >= 0.6 is 23.4 Å². The molecule has 0 bridgehead atoms. The van der Waals surface area contributed by atoms with E-state index in [1.54, 1.807) is 23.1 Å². The average molecular weight is 355 g/mol. The summed E-state index contributed by atoms with van der Waals surface area (Å²) in [7, 11) is 0. The number of hydrogen-bond donors (Lipinski definition) is 0. The number of para-hydroxylation sites is 1. The van der Waals surface area contributed by atoms with Gasteiger partial charge < -0.3 is 0 Å². The molecule has 0 atom stereocenters. The molecule has 2 aromatic rings. The largest absolute Gasteiger partial charge is 0.283 e. The zero-order valence-corrected chi connectivity index (χ0v) is 14.4. The lowest BCUT2D eigenvalue weighted by Gasteiger charge is -2.12. The van der Waals surface area contributed by atoms with E-state index in [1.165, 1.54) is 11.8 Å². The molecule has 3 rings (SSSR count). The van der Waals surface area contributed by atoms with Gasteiger partial charge in [0.25, 0.3) is 5.91 Å². The lowest BCUT2D eigenvalue weighted by Crippen LogP contribution is -2.29. The van der Waals surface area contributed by atoms with Crippen LogP contribution in [0.15, 0.2) is 77.1 Å². The van der Waals surface area contributed by atoms with E-state index in [4.69, 9.17) is 11.6 Å². The summed E-state index contributed by atoms with van der Waals surface area (Å²) in [6.07, 6.45) is 3.55. The smallest absolute Gasteiger partial charge is 0.267 e. The van der Waals surface area contributed by atoms with Gasteiger partial charge in [-0.05, 0) is 47.7 Å². The summed E-state index contributed by atoms with van der Waals surface area (Å²) in [5.41, 5.74) is 1.74. The first-order valence-electron chi connectivity index (χ1n) is 7.39. The molecule has 2 aromatic carbocycles. The van der Waals surface area contributed by atoms with Gasteiger partial charge in [0, 0.05) is 11.6 Å². The lowest BCUT2D eigenvalue weighted by molar-refractivity contribution is -0.121. The SMILES string of the molecule is C=CCN1C(=O)/C(=C\c2ccc(Cl)cc2)SC1=Nc1ccccc1. The molecule has 0 radical (unpaired) electrons. The van der Waals surface area contributed by atoms with Gasteiger partial charge in [0.2, 0.25) is 0 Å². The molecule has 0 N–H and O–H groups in total. The summed E-state index contributed by atoms with van der Waals surface area (Å²) >= 11 is 7.27. The van der Waals surface area contributed by atoms with Crippen LogP contribution in [0.2, 0.25) is 5.02 Å². The van der Waals surface area contributed by atoms with Crippen molar-refractivity contribution in [2.75, 3.05) is 6.54 Å². The summed E-state index contributed by atoms with van der Waals surface area (Å²) < 4.78 is 0. The third-order valence-corrected chi connectivity index (χ3v) is 4.61.